The molecule has 0 bridgehead atoms. The van der Waals surface area contributed by atoms with Gasteiger partial charge in [0.05, 0.1) is 5.75 Å². The number of carbonyl (C=O) groups is 1. The van der Waals surface area contributed by atoms with Crippen molar-refractivity contribution < 1.29 is 18.3 Å². The van der Waals surface area contributed by atoms with Gasteiger partial charge in [-0.2, -0.15) is 0 Å². The van der Waals surface area contributed by atoms with E-state index in [4.69, 9.17) is 5.11 Å². The molecule has 2 N–H and O–H groups in total. The van der Waals surface area contributed by atoms with Gasteiger partial charge in [-0.15, -0.1) is 6.58 Å². The number of sulfonamides is 1. The molecule has 0 atom stereocenters. The van der Waals surface area contributed by atoms with E-state index in [9.17, 15) is 13.2 Å². The predicted molar refractivity (Wildman–Crippen MR) is 58.8 cm³/mol. The van der Waals surface area contributed by atoms with Crippen molar-refractivity contribution in [2.24, 2.45) is 0 Å². The second kappa shape index (κ2) is 4.75. The first-order valence-electron chi connectivity index (χ1n) is 4.26. The van der Waals surface area contributed by atoms with Crippen LogP contribution in [-0.4, -0.2) is 30.2 Å². The molecule has 0 saturated carbocycles. The molecule has 0 radical (unpaired) electrons. The highest BCUT2D eigenvalue weighted by Gasteiger charge is 2.15. The van der Waals surface area contributed by atoms with Gasteiger partial charge in [-0.05, 0) is 12.1 Å². The van der Waals surface area contributed by atoms with E-state index in [1.54, 1.807) is 0 Å². The van der Waals surface area contributed by atoms with Crippen molar-refractivity contribution in [3.63, 3.8) is 0 Å². The van der Waals surface area contributed by atoms with E-state index in [1.165, 1.54) is 24.4 Å². The highest BCUT2D eigenvalue weighted by molar-refractivity contribution is 7.92. The molecule has 0 unspecified atom stereocenters. The van der Waals surface area contributed by atoms with Crippen LogP contribution in [0, 0.1) is 0 Å². The molecule has 0 fully saturated rings. The van der Waals surface area contributed by atoms with Gasteiger partial charge in [0.15, 0.2) is 5.82 Å². The van der Waals surface area contributed by atoms with Crippen molar-refractivity contribution >= 4 is 21.8 Å². The second-order valence-corrected chi connectivity index (χ2v) is 4.64. The molecular weight excluding hydrogens is 232 g/mol. The fourth-order valence-electron chi connectivity index (χ4n) is 1.00. The maximum absolute atomic E-state index is 11.4. The fourth-order valence-corrected chi connectivity index (χ4v) is 1.85. The lowest BCUT2D eigenvalue weighted by atomic mass is 10.3. The van der Waals surface area contributed by atoms with Crippen LogP contribution in [0.2, 0.25) is 0 Å². The number of nitrogens with one attached hydrogen (secondary N) is 1. The summed E-state index contributed by atoms with van der Waals surface area (Å²) in [5.74, 6) is -1.75. The molecule has 1 aromatic heterocycles. The van der Waals surface area contributed by atoms with Gasteiger partial charge in [0.25, 0.3) is 0 Å². The lowest BCUT2D eigenvalue weighted by molar-refractivity contribution is 0.0697. The smallest absolute Gasteiger partial charge is 0.339 e. The minimum atomic E-state index is -3.63. The summed E-state index contributed by atoms with van der Waals surface area (Å²) in [6, 6.07) is 2.68. The Morgan fingerprint density at radius 1 is 1.62 bits per heavy atom. The average Bonchev–Trinajstić information content (AvgIpc) is 2.17. The summed E-state index contributed by atoms with van der Waals surface area (Å²) >= 11 is 0. The predicted octanol–water partition coefficient (Wildman–Crippen LogP) is 0.707. The SMILES string of the molecule is C=CCS(=O)(=O)Nc1ncccc1C(=O)O. The first-order valence-corrected chi connectivity index (χ1v) is 5.91. The summed E-state index contributed by atoms with van der Waals surface area (Å²) in [5.41, 5.74) is -0.199. The van der Waals surface area contributed by atoms with E-state index < -0.39 is 16.0 Å². The molecule has 0 spiro atoms. The third-order valence-electron chi connectivity index (χ3n) is 1.63. The molecule has 0 saturated heterocycles. The van der Waals surface area contributed by atoms with E-state index in [2.05, 4.69) is 16.3 Å². The van der Waals surface area contributed by atoms with Crippen molar-refractivity contribution in [3.05, 3.63) is 36.5 Å². The number of aromatic carboxylic acids is 1. The Morgan fingerprint density at radius 2 is 2.31 bits per heavy atom. The molecule has 0 aliphatic heterocycles. The molecular formula is C9H10N2O4S. The maximum atomic E-state index is 11.4. The molecule has 1 aromatic rings. The minimum absolute atomic E-state index is 0.197. The summed E-state index contributed by atoms with van der Waals surface area (Å²) in [7, 11) is -3.63. The Balaban J connectivity index is 3.06. The first kappa shape index (κ1) is 12.2. The van der Waals surface area contributed by atoms with Gasteiger partial charge < -0.3 is 5.11 Å². The summed E-state index contributed by atoms with van der Waals surface area (Å²) in [6.45, 7) is 3.29. The largest absolute Gasteiger partial charge is 0.478 e. The quantitative estimate of drug-likeness (QED) is 0.741. The molecule has 86 valence electrons. The van der Waals surface area contributed by atoms with E-state index in [1.807, 2.05) is 0 Å². The number of aromatic nitrogens is 1. The Labute approximate surface area is 92.7 Å². The summed E-state index contributed by atoms with van der Waals surface area (Å²) < 4.78 is 24.8. The van der Waals surface area contributed by atoms with Crippen molar-refractivity contribution in [3.8, 4) is 0 Å². The Hall–Kier alpha value is -1.89. The van der Waals surface area contributed by atoms with Crippen LogP contribution < -0.4 is 4.72 Å². The van der Waals surface area contributed by atoms with Gasteiger partial charge in [0, 0.05) is 6.20 Å². The van der Waals surface area contributed by atoms with E-state index >= 15 is 0 Å². The standard InChI is InChI=1S/C9H10N2O4S/c1-2-6-16(14,15)11-8-7(9(12)13)4-3-5-10-8/h2-5H,1,6H2,(H,10,11)(H,12,13). The number of carboxylic acid groups (broad SMARTS) is 1. The van der Waals surface area contributed by atoms with E-state index in [0.29, 0.717) is 0 Å². The van der Waals surface area contributed by atoms with Crippen molar-refractivity contribution in [2.75, 3.05) is 10.5 Å². The zero-order valence-electron chi connectivity index (χ0n) is 8.25. The zero-order valence-corrected chi connectivity index (χ0v) is 9.07. The molecule has 0 amide bonds. The van der Waals surface area contributed by atoms with Crippen molar-refractivity contribution in [1.82, 2.24) is 4.98 Å². The zero-order chi connectivity index (χ0) is 12.2. The number of rotatable bonds is 5. The van der Waals surface area contributed by atoms with Gasteiger partial charge >= 0.3 is 5.97 Å². The van der Waals surface area contributed by atoms with Gasteiger partial charge in [-0.25, -0.2) is 18.2 Å². The van der Waals surface area contributed by atoms with Crippen LogP contribution in [0.3, 0.4) is 0 Å². The maximum Gasteiger partial charge on any atom is 0.339 e. The number of pyridine rings is 1. The van der Waals surface area contributed by atoms with Gasteiger partial charge in [-0.3, -0.25) is 4.72 Å². The monoisotopic (exact) mass is 242 g/mol. The molecule has 1 heterocycles. The van der Waals surface area contributed by atoms with E-state index in [0.717, 1.165) is 0 Å². The van der Waals surface area contributed by atoms with Crippen molar-refractivity contribution in [2.45, 2.75) is 0 Å². The third kappa shape index (κ3) is 3.06. The molecule has 7 heteroatoms. The van der Waals surface area contributed by atoms with Crippen LogP contribution in [0.25, 0.3) is 0 Å². The number of nitrogens with zero attached hydrogens (tertiary/aromatic N) is 1. The Kier molecular flexibility index (Phi) is 3.62. The van der Waals surface area contributed by atoms with Crippen LogP contribution in [-0.2, 0) is 10.0 Å². The highest BCUT2D eigenvalue weighted by atomic mass is 32.2. The minimum Gasteiger partial charge on any atom is -0.478 e. The van der Waals surface area contributed by atoms with Crippen LogP contribution in [0.4, 0.5) is 5.82 Å². The average molecular weight is 242 g/mol. The van der Waals surface area contributed by atoms with E-state index in [-0.39, 0.29) is 17.1 Å². The van der Waals surface area contributed by atoms with Crippen LogP contribution in [0.1, 0.15) is 10.4 Å². The molecule has 6 nitrogen and oxygen atoms in total. The number of carboxylic acids is 1. The highest BCUT2D eigenvalue weighted by Crippen LogP contribution is 2.12. The topological polar surface area (TPSA) is 96.4 Å². The second-order valence-electron chi connectivity index (χ2n) is 2.88. The normalized spacial score (nSPS) is 10.8. The number of hydrogen-bond donors (Lipinski definition) is 2. The summed E-state index contributed by atoms with van der Waals surface area (Å²) in [6.07, 6.45) is 2.50. The molecule has 0 aliphatic carbocycles. The summed E-state index contributed by atoms with van der Waals surface area (Å²) in [5, 5.41) is 8.80. The molecule has 0 aliphatic rings. The van der Waals surface area contributed by atoms with Crippen molar-refractivity contribution in [1.29, 1.82) is 0 Å². The molecule has 0 aromatic carbocycles. The number of anilines is 1. The lowest BCUT2D eigenvalue weighted by Gasteiger charge is -2.07. The molecule has 16 heavy (non-hydrogen) atoms. The van der Waals surface area contributed by atoms with Gasteiger partial charge in [-0.1, -0.05) is 6.08 Å². The molecule has 1 rings (SSSR count). The third-order valence-corrected chi connectivity index (χ3v) is 2.81. The summed E-state index contributed by atoms with van der Waals surface area (Å²) in [4.78, 5) is 14.4. The Bertz CT molecular complexity index is 510. The number of hydrogen-bond acceptors (Lipinski definition) is 4. The first-order chi connectivity index (χ1) is 7.46. The van der Waals surface area contributed by atoms with Gasteiger partial charge in [0.1, 0.15) is 5.56 Å². The lowest BCUT2D eigenvalue weighted by Crippen LogP contribution is -2.18. The Morgan fingerprint density at radius 3 is 2.88 bits per heavy atom. The van der Waals surface area contributed by atoms with Crippen LogP contribution >= 0.6 is 0 Å². The fraction of sp³-hybridized carbons (Fsp3) is 0.111. The van der Waals surface area contributed by atoms with Crippen LogP contribution in [0.15, 0.2) is 31.0 Å². The van der Waals surface area contributed by atoms with Gasteiger partial charge in [0.2, 0.25) is 10.0 Å². The van der Waals surface area contributed by atoms with Crippen LogP contribution in [0.5, 0.6) is 0 Å².